The zero-order chi connectivity index (χ0) is 14.5. The van der Waals surface area contributed by atoms with Crippen LogP contribution in [0.4, 0.5) is 13.2 Å². The first-order chi connectivity index (χ1) is 8.08. The molecule has 106 valence electrons. The van der Waals surface area contributed by atoms with Crippen LogP contribution in [0.1, 0.15) is 20.3 Å². The average molecular weight is 270 g/mol. The van der Waals surface area contributed by atoms with Crippen LogP contribution in [0.15, 0.2) is 0 Å². The highest BCUT2D eigenvalue weighted by molar-refractivity contribution is 5.85. The molecule has 0 rings (SSSR count). The van der Waals surface area contributed by atoms with E-state index in [2.05, 4.69) is 0 Å². The molecule has 0 aliphatic rings. The van der Waals surface area contributed by atoms with Gasteiger partial charge in [-0.1, -0.05) is 20.3 Å². The molecule has 3 N–H and O–H groups in total. The molecule has 0 aliphatic heterocycles. The molecule has 0 heterocycles. The summed E-state index contributed by atoms with van der Waals surface area (Å²) in [4.78, 5) is 22.4. The van der Waals surface area contributed by atoms with Crippen molar-refractivity contribution >= 4 is 11.9 Å². The second kappa shape index (κ2) is 6.58. The fraction of sp³-hybridized carbons (Fsp3) is 0.800. The van der Waals surface area contributed by atoms with Crippen LogP contribution in [-0.4, -0.2) is 47.2 Å². The Labute approximate surface area is 103 Å². The molecule has 0 spiro atoms. The van der Waals surface area contributed by atoms with Gasteiger partial charge in [0.05, 0.1) is 6.04 Å². The summed E-state index contributed by atoms with van der Waals surface area (Å²) in [5.41, 5.74) is 5.52. The quantitative estimate of drug-likeness (QED) is 0.749. The fourth-order valence-electron chi connectivity index (χ4n) is 1.30. The number of hydrogen-bond acceptors (Lipinski definition) is 3. The first-order valence-corrected chi connectivity index (χ1v) is 5.41. The molecule has 2 unspecified atom stereocenters. The highest BCUT2D eigenvalue weighted by atomic mass is 19.4. The van der Waals surface area contributed by atoms with Gasteiger partial charge in [-0.25, -0.2) is 0 Å². The van der Waals surface area contributed by atoms with Crippen LogP contribution in [0.2, 0.25) is 0 Å². The van der Waals surface area contributed by atoms with Gasteiger partial charge in [0.2, 0.25) is 5.91 Å². The number of alkyl halides is 3. The number of rotatable bonds is 6. The van der Waals surface area contributed by atoms with Crippen molar-refractivity contribution in [3.63, 3.8) is 0 Å². The minimum atomic E-state index is -4.65. The van der Waals surface area contributed by atoms with Crippen molar-refractivity contribution in [2.45, 2.75) is 32.5 Å². The maximum absolute atomic E-state index is 12.2. The molecular formula is C10H17F3N2O3. The van der Waals surface area contributed by atoms with Gasteiger partial charge in [0, 0.05) is 0 Å². The fourth-order valence-corrected chi connectivity index (χ4v) is 1.30. The van der Waals surface area contributed by atoms with Crippen molar-refractivity contribution in [2.75, 3.05) is 13.1 Å². The predicted octanol–water partition coefficient (Wildman–Crippen LogP) is 0.835. The van der Waals surface area contributed by atoms with Crippen molar-refractivity contribution in [2.24, 2.45) is 11.7 Å². The topological polar surface area (TPSA) is 83.6 Å². The summed E-state index contributed by atoms with van der Waals surface area (Å²) in [7, 11) is 0. The summed E-state index contributed by atoms with van der Waals surface area (Å²) in [5, 5.41) is 8.51. The van der Waals surface area contributed by atoms with Crippen LogP contribution in [0.3, 0.4) is 0 Å². The van der Waals surface area contributed by atoms with Crippen LogP contribution in [-0.2, 0) is 9.59 Å². The molecule has 2 atom stereocenters. The molecule has 1 amide bonds. The van der Waals surface area contributed by atoms with Crippen LogP contribution in [0.25, 0.3) is 0 Å². The minimum absolute atomic E-state index is 0.221. The molecule has 5 nitrogen and oxygen atoms in total. The summed E-state index contributed by atoms with van der Waals surface area (Å²) in [6, 6.07) is -1.13. The van der Waals surface area contributed by atoms with E-state index in [4.69, 9.17) is 10.8 Å². The Kier molecular flexibility index (Phi) is 6.10. The average Bonchev–Trinajstić information content (AvgIpc) is 2.22. The number of carboxylic acid groups (broad SMARTS) is 1. The second-order valence-electron chi connectivity index (χ2n) is 4.11. The third-order valence-corrected chi connectivity index (χ3v) is 2.55. The summed E-state index contributed by atoms with van der Waals surface area (Å²) >= 11 is 0. The summed E-state index contributed by atoms with van der Waals surface area (Å²) in [5.74, 6) is -2.82. The number of aliphatic carboxylic acids is 1. The molecule has 0 aromatic rings. The first kappa shape index (κ1) is 16.7. The molecule has 0 aromatic heterocycles. The number of carboxylic acids is 1. The number of amides is 1. The third kappa shape index (κ3) is 5.85. The maximum atomic E-state index is 12.2. The lowest BCUT2D eigenvalue weighted by molar-refractivity contribution is -0.167. The molecule has 0 aliphatic carbocycles. The molecule has 18 heavy (non-hydrogen) atoms. The Morgan fingerprint density at radius 2 is 1.89 bits per heavy atom. The first-order valence-electron chi connectivity index (χ1n) is 5.41. The van der Waals surface area contributed by atoms with Crippen molar-refractivity contribution in [1.29, 1.82) is 0 Å². The van der Waals surface area contributed by atoms with E-state index in [1.54, 1.807) is 13.8 Å². The molecule has 0 saturated carbocycles. The standard InChI is InChI=1S/C10H17F3N2O3/c1-3-6(2)8(14)9(18)15(4-7(16)17)5-10(11,12)13/h6,8H,3-5,14H2,1-2H3,(H,16,17). The summed E-state index contributed by atoms with van der Waals surface area (Å²) in [6.07, 6.45) is -4.14. The molecule has 0 radical (unpaired) electrons. The van der Waals surface area contributed by atoms with Gasteiger partial charge < -0.3 is 15.7 Å². The third-order valence-electron chi connectivity index (χ3n) is 2.55. The lowest BCUT2D eigenvalue weighted by atomic mass is 9.99. The van der Waals surface area contributed by atoms with E-state index in [9.17, 15) is 22.8 Å². The maximum Gasteiger partial charge on any atom is 0.406 e. The Bertz CT molecular complexity index is 307. The van der Waals surface area contributed by atoms with E-state index >= 15 is 0 Å². The van der Waals surface area contributed by atoms with Crippen molar-refractivity contribution in [3.8, 4) is 0 Å². The van der Waals surface area contributed by atoms with E-state index in [1.165, 1.54) is 0 Å². The zero-order valence-electron chi connectivity index (χ0n) is 10.2. The van der Waals surface area contributed by atoms with Crippen molar-refractivity contribution in [3.05, 3.63) is 0 Å². The summed E-state index contributed by atoms with van der Waals surface area (Å²) in [6.45, 7) is 0.739. The minimum Gasteiger partial charge on any atom is -0.480 e. The number of nitrogens with two attached hydrogens (primary N) is 1. The van der Waals surface area contributed by atoms with E-state index in [0.717, 1.165) is 0 Å². The largest absolute Gasteiger partial charge is 0.480 e. The number of halogens is 3. The van der Waals surface area contributed by atoms with Gasteiger partial charge in [0.15, 0.2) is 0 Å². The van der Waals surface area contributed by atoms with Gasteiger partial charge in [0.1, 0.15) is 13.1 Å². The van der Waals surface area contributed by atoms with Crippen molar-refractivity contribution in [1.82, 2.24) is 4.90 Å². The molecule has 0 fully saturated rings. The van der Waals surface area contributed by atoms with Gasteiger partial charge >= 0.3 is 12.1 Å². The van der Waals surface area contributed by atoms with Gasteiger partial charge in [-0.3, -0.25) is 9.59 Å². The molecule has 8 heteroatoms. The van der Waals surface area contributed by atoms with Gasteiger partial charge in [-0.05, 0) is 5.92 Å². The van der Waals surface area contributed by atoms with E-state index in [0.29, 0.717) is 6.42 Å². The van der Waals surface area contributed by atoms with E-state index in [-0.39, 0.29) is 10.8 Å². The van der Waals surface area contributed by atoms with E-state index in [1.807, 2.05) is 0 Å². The monoisotopic (exact) mass is 270 g/mol. The SMILES string of the molecule is CCC(C)C(N)C(=O)N(CC(=O)O)CC(F)(F)F. The number of hydrogen-bond donors (Lipinski definition) is 2. The lowest BCUT2D eigenvalue weighted by Crippen LogP contribution is -2.51. The lowest BCUT2D eigenvalue weighted by Gasteiger charge is -2.27. The van der Waals surface area contributed by atoms with Gasteiger partial charge in [0.25, 0.3) is 0 Å². The van der Waals surface area contributed by atoms with E-state index < -0.39 is 37.2 Å². The molecule has 0 aromatic carbocycles. The number of carbonyl (C=O) groups excluding carboxylic acids is 1. The summed E-state index contributed by atoms with van der Waals surface area (Å²) < 4.78 is 36.7. The second-order valence-corrected chi connectivity index (χ2v) is 4.11. The molecular weight excluding hydrogens is 253 g/mol. The number of nitrogens with zero attached hydrogens (tertiary/aromatic N) is 1. The Hall–Kier alpha value is -1.31. The van der Waals surface area contributed by atoms with Gasteiger partial charge in [-0.2, -0.15) is 13.2 Å². The predicted molar refractivity (Wildman–Crippen MR) is 57.7 cm³/mol. The Morgan fingerprint density at radius 3 is 2.22 bits per heavy atom. The van der Waals surface area contributed by atoms with Crippen LogP contribution < -0.4 is 5.73 Å². The number of carbonyl (C=O) groups is 2. The van der Waals surface area contributed by atoms with Crippen LogP contribution in [0.5, 0.6) is 0 Å². The highest BCUT2D eigenvalue weighted by Gasteiger charge is 2.36. The normalized spacial score (nSPS) is 15.0. The zero-order valence-corrected chi connectivity index (χ0v) is 10.2. The molecule has 0 saturated heterocycles. The Morgan fingerprint density at radius 1 is 1.39 bits per heavy atom. The van der Waals surface area contributed by atoms with Gasteiger partial charge in [-0.15, -0.1) is 0 Å². The van der Waals surface area contributed by atoms with Crippen molar-refractivity contribution < 1.29 is 27.9 Å². The van der Waals surface area contributed by atoms with Crippen LogP contribution >= 0.6 is 0 Å². The Balaban J connectivity index is 4.84. The highest BCUT2D eigenvalue weighted by Crippen LogP contribution is 2.18. The molecule has 0 bridgehead atoms. The smallest absolute Gasteiger partial charge is 0.406 e. The van der Waals surface area contributed by atoms with Crippen LogP contribution in [0, 0.1) is 5.92 Å².